The topological polar surface area (TPSA) is 75.2 Å². The van der Waals surface area contributed by atoms with E-state index in [-0.39, 0.29) is 31.1 Å². The van der Waals surface area contributed by atoms with Crippen molar-refractivity contribution in [2.45, 2.75) is 57.0 Å². The Balaban J connectivity index is 2.11. The highest BCUT2D eigenvalue weighted by atomic mass is 31.0. The first kappa shape index (κ1) is 20.8. The molecular formula is C14H29BNO6P. The summed E-state index contributed by atoms with van der Waals surface area (Å²) in [5.41, 5.74) is -0.391. The van der Waals surface area contributed by atoms with E-state index in [4.69, 9.17) is 23.5 Å². The summed E-state index contributed by atoms with van der Waals surface area (Å²) in [5, 5.41) is 2.70. The smallest absolute Gasteiger partial charge is 0.207 e. The molecule has 0 saturated carbocycles. The second-order valence-corrected chi connectivity index (χ2v) is 6.83. The van der Waals surface area contributed by atoms with Crippen LogP contribution in [0.3, 0.4) is 0 Å². The molecule has 0 aromatic rings. The van der Waals surface area contributed by atoms with Gasteiger partial charge >= 0.3 is 0 Å². The molecule has 0 bridgehead atoms. The van der Waals surface area contributed by atoms with E-state index in [1.165, 1.54) is 0 Å². The van der Waals surface area contributed by atoms with Crippen molar-refractivity contribution >= 4 is 23.7 Å². The van der Waals surface area contributed by atoms with Crippen molar-refractivity contribution in [3.8, 4) is 0 Å². The molecule has 0 aromatic carbocycles. The minimum absolute atomic E-state index is 0.0205. The molecular weight excluding hydrogens is 320 g/mol. The molecule has 7 nitrogen and oxygen atoms in total. The molecule has 5 unspecified atom stereocenters. The monoisotopic (exact) mass is 349 g/mol. The largest absolute Gasteiger partial charge is 0.379 e. The molecule has 1 heterocycles. The van der Waals surface area contributed by atoms with Crippen LogP contribution < -0.4 is 5.32 Å². The van der Waals surface area contributed by atoms with E-state index in [1.807, 2.05) is 28.6 Å². The molecule has 134 valence electrons. The van der Waals surface area contributed by atoms with E-state index in [9.17, 15) is 4.79 Å². The minimum Gasteiger partial charge on any atom is -0.379 e. The Kier molecular flexibility index (Phi) is 9.58. The van der Waals surface area contributed by atoms with Gasteiger partial charge in [-0.1, -0.05) is 0 Å². The Morgan fingerprint density at radius 3 is 2.91 bits per heavy atom. The van der Waals surface area contributed by atoms with Gasteiger partial charge in [0.1, 0.15) is 14.6 Å². The van der Waals surface area contributed by atoms with Crippen molar-refractivity contribution < 1.29 is 28.3 Å². The third-order valence-electron chi connectivity index (χ3n) is 3.60. The first-order valence-electron chi connectivity index (χ1n) is 7.87. The number of nitrogens with one attached hydrogen (secondary N) is 1. The molecule has 1 rings (SSSR count). The predicted octanol–water partition coefficient (Wildman–Crippen LogP) is -0.170. The lowest BCUT2D eigenvalue weighted by atomic mass is 9.94. The summed E-state index contributed by atoms with van der Waals surface area (Å²) in [6, 6.07) is 0.0349. The fraction of sp³-hybridized carbons (Fsp3) is 0.929. The van der Waals surface area contributed by atoms with Crippen molar-refractivity contribution in [2.75, 3.05) is 26.6 Å². The lowest BCUT2D eigenvalue weighted by Gasteiger charge is -2.25. The van der Waals surface area contributed by atoms with E-state index in [0.717, 1.165) is 6.42 Å². The maximum atomic E-state index is 10.5. The van der Waals surface area contributed by atoms with Crippen LogP contribution in [0.4, 0.5) is 0 Å². The van der Waals surface area contributed by atoms with Crippen LogP contribution in [0.2, 0.25) is 0 Å². The van der Waals surface area contributed by atoms with Crippen LogP contribution in [0.5, 0.6) is 0 Å². The lowest BCUT2D eigenvalue weighted by molar-refractivity contribution is -0.121. The molecule has 1 saturated heterocycles. The third-order valence-corrected chi connectivity index (χ3v) is 3.80. The summed E-state index contributed by atoms with van der Waals surface area (Å²) in [4.78, 5) is 10.5. The Morgan fingerprint density at radius 1 is 1.52 bits per heavy atom. The van der Waals surface area contributed by atoms with Gasteiger partial charge in [-0.15, -0.1) is 0 Å². The van der Waals surface area contributed by atoms with Gasteiger partial charge < -0.3 is 28.8 Å². The van der Waals surface area contributed by atoms with Crippen molar-refractivity contribution in [3.05, 3.63) is 0 Å². The quantitative estimate of drug-likeness (QED) is 0.173. The normalized spacial score (nSPS) is 26.2. The zero-order valence-corrected chi connectivity index (χ0v) is 15.6. The van der Waals surface area contributed by atoms with E-state index in [2.05, 4.69) is 14.8 Å². The number of hydrogen-bond acceptors (Lipinski definition) is 6. The van der Waals surface area contributed by atoms with Gasteiger partial charge in [0.05, 0.1) is 49.7 Å². The van der Waals surface area contributed by atoms with Gasteiger partial charge in [-0.25, -0.2) is 0 Å². The summed E-state index contributed by atoms with van der Waals surface area (Å²) in [7, 11) is 4.22. The predicted molar refractivity (Wildman–Crippen MR) is 91.9 cm³/mol. The van der Waals surface area contributed by atoms with E-state index >= 15 is 0 Å². The fourth-order valence-corrected chi connectivity index (χ4v) is 2.48. The number of rotatable bonds is 12. The number of carbonyl (C=O) groups is 1. The molecule has 0 aliphatic carbocycles. The van der Waals surface area contributed by atoms with Crippen LogP contribution in [0.1, 0.15) is 27.2 Å². The van der Waals surface area contributed by atoms with Gasteiger partial charge in [-0.3, -0.25) is 4.79 Å². The summed E-state index contributed by atoms with van der Waals surface area (Å²) < 4.78 is 27.6. The summed E-state index contributed by atoms with van der Waals surface area (Å²) in [5.74, 6) is 0. The molecule has 1 N–H and O–H groups in total. The standard InChI is InChI=1S/C14H29BNO6P/c1-10(19-7-14(2,3)16-8-17)5-18-9-20-12-4-11(6-21-23)22-13(12)15/h8,10-13H,4-7,9,15,23H2,1-3H3,(H,16,17). The highest BCUT2D eigenvalue weighted by Crippen LogP contribution is 2.22. The van der Waals surface area contributed by atoms with E-state index in [1.54, 1.807) is 0 Å². The number of ether oxygens (including phenoxy) is 4. The van der Waals surface area contributed by atoms with Gasteiger partial charge in [0.2, 0.25) is 6.41 Å². The minimum atomic E-state index is -0.391. The van der Waals surface area contributed by atoms with Gasteiger partial charge in [0, 0.05) is 15.9 Å². The molecule has 1 aliphatic heterocycles. The van der Waals surface area contributed by atoms with Crippen LogP contribution in [-0.4, -0.2) is 70.7 Å². The SMILES string of the molecule is BC1OC(COP)CC1OCOCC(C)OCC(C)(C)NC=O. The van der Waals surface area contributed by atoms with Crippen molar-refractivity contribution in [3.63, 3.8) is 0 Å². The first-order valence-corrected chi connectivity index (χ1v) is 8.34. The van der Waals surface area contributed by atoms with Crippen molar-refractivity contribution in [1.82, 2.24) is 5.32 Å². The fourth-order valence-electron chi connectivity index (χ4n) is 2.27. The average molecular weight is 349 g/mol. The molecule has 0 radical (unpaired) electrons. The molecule has 1 aliphatic rings. The van der Waals surface area contributed by atoms with E-state index < -0.39 is 5.54 Å². The lowest BCUT2D eigenvalue weighted by Crippen LogP contribution is -2.43. The van der Waals surface area contributed by atoms with E-state index in [0.29, 0.717) is 26.2 Å². The average Bonchev–Trinajstić information content (AvgIpc) is 2.82. The zero-order chi connectivity index (χ0) is 17.3. The maximum absolute atomic E-state index is 10.5. The van der Waals surface area contributed by atoms with Gasteiger partial charge in [-0.2, -0.15) is 0 Å². The first-order chi connectivity index (χ1) is 10.9. The molecule has 9 heteroatoms. The molecule has 0 aromatic heterocycles. The summed E-state index contributed by atoms with van der Waals surface area (Å²) >= 11 is 0. The molecule has 1 amide bonds. The van der Waals surface area contributed by atoms with Gasteiger partial charge in [0.15, 0.2) is 0 Å². The van der Waals surface area contributed by atoms with Crippen LogP contribution in [-0.2, 0) is 28.3 Å². The van der Waals surface area contributed by atoms with Gasteiger partial charge in [0.25, 0.3) is 0 Å². The number of hydrogen-bond donors (Lipinski definition) is 1. The molecule has 5 atom stereocenters. The number of carbonyl (C=O) groups excluding carboxylic acids is 1. The van der Waals surface area contributed by atoms with Crippen LogP contribution in [0.15, 0.2) is 0 Å². The molecule has 0 spiro atoms. The van der Waals surface area contributed by atoms with Crippen LogP contribution in [0, 0.1) is 0 Å². The molecule has 1 fully saturated rings. The maximum Gasteiger partial charge on any atom is 0.207 e. The second kappa shape index (κ2) is 10.6. The highest BCUT2D eigenvalue weighted by molar-refractivity contribution is 7.09. The van der Waals surface area contributed by atoms with Crippen LogP contribution in [0.25, 0.3) is 0 Å². The second-order valence-electron chi connectivity index (χ2n) is 6.49. The van der Waals surface area contributed by atoms with Crippen molar-refractivity contribution in [2.24, 2.45) is 0 Å². The zero-order valence-electron chi connectivity index (χ0n) is 14.4. The Hall–Kier alpha value is -0.235. The highest BCUT2D eigenvalue weighted by Gasteiger charge is 2.32. The number of amides is 1. The summed E-state index contributed by atoms with van der Waals surface area (Å²) in [6.45, 7) is 7.31. The molecule has 23 heavy (non-hydrogen) atoms. The Labute approximate surface area is 141 Å². The van der Waals surface area contributed by atoms with Crippen molar-refractivity contribution in [1.29, 1.82) is 0 Å². The van der Waals surface area contributed by atoms with Crippen LogP contribution >= 0.6 is 9.47 Å². The van der Waals surface area contributed by atoms with Gasteiger partial charge in [-0.05, 0) is 20.8 Å². The summed E-state index contributed by atoms with van der Waals surface area (Å²) in [6.07, 6.45) is 1.49. The Bertz CT molecular complexity index is 349. The third kappa shape index (κ3) is 8.43. The Morgan fingerprint density at radius 2 is 2.26 bits per heavy atom.